The van der Waals surface area contributed by atoms with Gasteiger partial charge in [-0.25, -0.2) is 0 Å². The number of ether oxygens (including phenoxy) is 2. The second kappa shape index (κ2) is 9.23. The quantitative estimate of drug-likeness (QED) is 0.293. The fraction of sp³-hybridized carbons (Fsp3) is 0.208. The molecule has 7 nitrogen and oxygen atoms in total. The molecule has 1 N–H and O–H groups in total. The largest absolute Gasteiger partial charge is 0.495 e. The summed E-state index contributed by atoms with van der Waals surface area (Å²) in [6, 6.07) is 14.6. The molecule has 4 rings (SSSR count). The van der Waals surface area contributed by atoms with Crippen LogP contribution in [-0.2, 0) is 14.3 Å². The van der Waals surface area contributed by atoms with Gasteiger partial charge in [0.2, 0.25) is 0 Å². The van der Waals surface area contributed by atoms with Gasteiger partial charge < -0.3 is 19.2 Å². The van der Waals surface area contributed by atoms with Gasteiger partial charge in [0.25, 0.3) is 5.91 Å². The second-order valence-electron chi connectivity index (χ2n) is 7.17. The first-order valence-electron chi connectivity index (χ1n) is 10.0. The highest BCUT2D eigenvalue weighted by atomic mass is 32.1. The van der Waals surface area contributed by atoms with Crippen LogP contribution < -0.4 is 10.1 Å². The molecule has 32 heavy (non-hydrogen) atoms. The first-order chi connectivity index (χ1) is 15.5. The Labute approximate surface area is 187 Å². The Kier molecular flexibility index (Phi) is 6.23. The van der Waals surface area contributed by atoms with E-state index < -0.39 is 18.0 Å². The number of para-hydroxylation sites is 1. The van der Waals surface area contributed by atoms with Gasteiger partial charge >= 0.3 is 5.97 Å². The predicted molar refractivity (Wildman–Crippen MR) is 122 cm³/mol. The number of fused-ring (bicyclic) bond motifs is 3. The van der Waals surface area contributed by atoms with Crippen LogP contribution in [0.5, 0.6) is 5.75 Å². The SMILES string of the molecule is COc1cc2c(cc1NC(=O)C(C)OC(=O)CCC(=O)c1cccs1)oc1ccccc12. The number of furan rings is 1. The van der Waals surface area contributed by atoms with Crippen molar-refractivity contribution in [2.45, 2.75) is 25.9 Å². The van der Waals surface area contributed by atoms with Crippen molar-refractivity contribution >= 4 is 56.6 Å². The summed E-state index contributed by atoms with van der Waals surface area (Å²) in [6.45, 7) is 1.47. The molecular formula is C24H21NO6S. The van der Waals surface area contributed by atoms with Crippen LogP contribution in [0.2, 0.25) is 0 Å². The summed E-state index contributed by atoms with van der Waals surface area (Å²) in [6.07, 6.45) is -1.11. The van der Waals surface area contributed by atoms with E-state index in [4.69, 9.17) is 13.9 Å². The summed E-state index contributed by atoms with van der Waals surface area (Å²) in [5.74, 6) is -0.802. The number of Topliss-reactive ketones (excluding diaryl/α,β-unsaturated/α-hetero) is 1. The lowest BCUT2D eigenvalue weighted by molar-refractivity contribution is -0.153. The molecule has 4 aromatic rings. The summed E-state index contributed by atoms with van der Waals surface area (Å²) >= 11 is 1.32. The van der Waals surface area contributed by atoms with Crippen LogP contribution >= 0.6 is 11.3 Å². The maximum absolute atomic E-state index is 12.6. The normalized spacial score (nSPS) is 11.9. The minimum absolute atomic E-state index is 0.0320. The third-order valence-electron chi connectivity index (χ3n) is 4.99. The van der Waals surface area contributed by atoms with Gasteiger partial charge in [0, 0.05) is 23.3 Å². The van der Waals surface area contributed by atoms with Crippen LogP contribution in [0.1, 0.15) is 29.4 Å². The second-order valence-corrected chi connectivity index (χ2v) is 8.12. The molecule has 0 spiro atoms. The van der Waals surface area contributed by atoms with Gasteiger partial charge in [-0.05, 0) is 30.5 Å². The minimum atomic E-state index is -1.05. The van der Waals surface area contributed by atoms with E-state index in [1.807, 2.05) is 24.3 Å². The van der Waals surface area contributed by atoms with E-state index >= 15 is 0 Å². The molecule has 0 saturated carbocycles. The fourth-order valence-corrected chi connectivity index (χ4v) is 4.03. The zero-order valence-corrected chi connectivity index (χ0v) is 18.4. The minimum Gasteiger partial charge on any atom is -0.495 e. The molecular weight excluding hydrogens is 430 g/mol. The standard InChI is InChI=1S/C24H21NO6S/c1-14(30-23(27)10-9-18(26)22-8-5-11-32-22)24(28)25-17-13-20-16(12-21(17)29-2)15-6-3-4-7-19(15)31-20/h3-8,11-14H,9-10H2,1-2H3,(H,25,28). The van der Waals surface area contributed by atoms with Crippen molar-refractivity contribution in [1.82, 2.24) is 0 Å². The molecule has 2 heterocycles. The maximum atomic E-state index is 12.6. The Bertz CT molecular complexity index is 1290. The van der Waals surface area contributed by atoms with Crippen molar-refractivity contribution in [1.29, 1.82) is 0 Å². The fourth-order valence-electron chi connectivity index (χ4n) is 3.34. The van der Waals surface area contributed by atoms with Crippen molar-refractivity contribution in [2.24, 2.45) is 0 Å². The number of rotatable bonds is 8. The Hall–Kier alpha value is -3.65. The van der Waals surface area contributed by atoms with E-state index in [1.54, 1.807) is 29.6 Å². The average molecular weight is 452 g/mol. The highest BCUT2D eigenvalue weighted by molar-refractivity contribution is 7.12. The highest BCUT2D eigenvalue weighted by Crippen LogP contribution is 2.36. The molecule has 0 saturated heterocycles. The molecule has 0 fully saturated rings. The number of thiophene rings is 1. The van der Waals surface area contributed by atoms with Crippen molar-refractivity contribution in [3.63, 3.8) is 0 Å². The van der Waals surface area contributed by atoms with E-state index in [1.165, 1.54) is 25.4 Å². The third kappa shape index (κ3) is 4.50. The summed E-state index contributed by atoms with van der Waals surface area (Å²) in [7, 11) is 1.51. The Morgan fingerprint density at radius 2 is 1.84 bits per heavy atom. The lowest BCUT2D eigenvalue weighted by Crippen LogP contribution is -2.30. The van der Waals surface area contributed by atoms with E-state index in [0.29, 0.717) is 21.9 Å². The number of anilines is 1. The topological polar surface area (TPSA) is 94.8 Å². The molecule has 1 unspecified atom stereocenters. The van der Waals surface area contributed by atoms with E-state index in [0.717, 1.165) is 16.4 Å². The summed E-state index contributed by atoms with van der Waals surface area (Å²) in [4.78, 5) is 37.3. The number of ketones is 1. The molecule has 8 heteroatoms. The maximum Gasteiger partial charge on any atom is 0.307 e. The number of benzene rings is 2. The number of nitrogens with one attached hydrogen (secondary N) is 1. The van der Waals surface area contributed by atoms with Gasteiger partial charge in [0.05, 0.1) is 24.1 Å². The number of esters is 1. The number of hydrogen-bond acceptors (Lipinski definition) is 7. The summed E-state index contributed by atoms with van der Waals surface area (Å²) in [5.41, 5.74) is 1.73. The van der Waals surface area contributed by atoms with Crippen LogP contribution in [-0.4, -0.2) is 30.9 Å². The number of amides is 1. The van der Waals surface area contributed by atoms with Crippen LogP contribution in [0.15, 0.2) is 58.3 Å². The van der Waals surface area contributed by atoms with Crippen molar-refractivity contribution in [2.75, 3.05) is 12.4 Å². The van der Waals surface area contributed by atoms with Gasteiger partial charge in [0.15, 0.2) is 11.9 Å². The van der Waals surface area contributed by atoms with Crippen LogP contribution in [0, 0.1) is 0 Å². The average Bonchev–Trinajstić information content (AvgIpc) is 3.44. The Balaban J connectivity index is 1.41. The molecule has 0 aliphatic heterocycles. The number of carbonyl (C=O) groups excluding carboxylic acids is 3. The molecule has 1 atom stereocenters. The van der Waals surface area contributed by atoms with E-state index in [9.17, 15) is 14.4 Å². The Morgan fingerprint density at radius 3 is 2.59 bits per heavy atom. The first-order valence-corrected chi connectivity index (χ1v) is 10.9. The lowest BCUT2D eigenvalue weighted by atomic mass is 10.1. The van der Waals surface area contributed by atoms with Gasteiger partial charge in [0.1, 0.15) is 16.9 Å². The van der Waals surface area contributed by atoms with Gasteiger partial charge in [-0.1, -0.05) is 24.3 Å². The summed E-state index contributed by atoms with van der Waals surface area (Å²) in [5, 5.41) is 6.33. The van der Waals surface area contributed by atoms with E-state index in [-0.39, 0.29) is 18.6 Å². The summed E-state index contributed by atoms with van der Waals surface area (Å²) < 4.78 is 16.5. The lowest BCUT2D eigenvalue weighted by Gasteiger charge is -2.15. The van der Waals surface area contributed by atoms with Crippen molar-refractivity contribution < 1.29 is 28.3 Å². The molecule has 2 aromatic carbocycles. The van der Waals surface area contributed by atoms with E-state index in [2.05, 4.69) is 5.32 Å². The van der Waals surface area contributed by atoms with Crippen LogP contribution in [0.4, 0.5) is 5.69 Å². The molecule has 0 aliphatic rings. The zero-order chi connectivity index (χ0) is 22.7. The van der Waals surface area contributed by atoms with Gasteiger partial charge in [-0.3, -0.25) is 14.4 Å². The Morgan fingerprint density at radius 1 is 1.03 bits per heavy atom. The highest BCUT2D eigenvalue weighted by Gasteiger charge is 2.21. The molecule has 164 valence electrons. The number of carbonyl (C=O) groups is 3. The smallest absolute Gasteiger partial charge is 0.307 e. The molecule has 0 bridgehead atoms. The molecule has 2 aromatic heterocycles. The van der Waals surface area contributed by atoms with Gasteiger partial charge in [-0.15, -0.1) is 11.3 Å². The number of methoxy groups -OCH3 is 1. The molecule has 1 amide bonds. The molecule has 0 aliphatic carbocycles. The first kappa shape index (κ1) is 21.6. The van der Waals surface area contributed by atoms with Crippen LogP contribution in [0.3, 0.4) is 0 Å². The van der Waals surface area contributed by atoms with Crippen LogP contribution in [0.25, 0.3) is 21.9 Å². The zero-order valence-electron chi connectivity index (χ0n) is 17.5. The van der Waals surface area contributed by atoms with Crippen molar-refractivity contribution in [3.8, 4) is 5.75 Å². The third-order valence-corrected chi connectivity index (χ3v) is 5.90. The number of hydrogen-bond donors (Lipinski definition) is 1. The van der Waals surface area contributed by atoms with Gasteiger partial charge in [-0.2, -0.15) is 0 Å². The predicted octanol–water partition coefficient (Wildman–Crippen LogP) is 5.19. The molecule has 0 radical (unpaired) electrons. The monoisotopic (exact) mass is 451 g/mol. The van der Waals surface area contributed by atoms with Crippen molar-refractivity contribution in [3.05, 3.63) is 58.8 Å².